The predicted octanol–water partition coefficient (Wildman–Crippen LogP) is 0.671. The van der Waals surface area contributed by atoms with E-state index in [-0.39, 0.29) is 23.5 Å². The van der Waals surface area contributed by atoms with Gasteiger partial charge in [-0.25, -0.2) is 18.1 Å². The van der Waals surface area contributed by atoms with Crippen LogP contribution in [0.15, 0.2) is 11.2 Å². The van der Waals surface area contributed by atoms with E-state index in [0.717, 1.165) is 51.0 Å². The van der Waals surface area contributed by atoms with Crippen LogP contribution in [0, 0.1) is 0 Å². The first-order valence-corrected chi connectivity index (χ1v) is 8.42. The lowest BCUT2D eigenvalue weighted by molar-refractivity contribution is 0.522. The molecule has 1 aromatic heterocycles. The molecule has 0 aromatic carbocycles. The van der Waals surface area contributed by atoms with Crippen LogP contribution < -0.4 is 10.0 Å². The van der Waals surface area contributed by atoms with Gasteiger partial charge in [0.05, 0.1) is 0 Å². The highest BCUT2D eigenvalue weighted by Gasteiger charge is 2.23. The van der Waals surface area contributed by atoms with Gasteiger partial charge in [0.1, 0.15) is 5.82 Å². The van der Waals surface area contributed by atoms with E-state index in [9.17, 15) is 8.42 Å². The van der Waals surface area contributed by atoms with Crippen molar-refractivity contribution in [3.8, 4) is 0 Å². The Morgan fingerprint density at radius 2 is 2.25 bits per heavy atom. The largest absolute Gasteiger partial charge is 0.333 e. The molecule has 1 atom stereocenters. The molecule has 0 aliphatic carbocycles. The number of nitrogens with one attached hydrogen (secondary N) is 2. The third kappa shape index (κ3) is 3.33. The highest BCUT2D eigenvalue weighted by Crippen LogP contribution is 2.17. The van der Waals surface area contributed by atoms with Crippen molar-refractivity contribution >= 4 is 22.4 Å². The summed E-state index contributed by atoms with van der Waals surface area (Å²) in [5, 5.41) is 3.45. The second-order valence-electron chi connectivity index (χ2n) is 5.29. The maximum absolute atomic E-state index is 12.2. The van der Waals surface area contributed by atoms with Gasteiger partial charge in [-0.05, 0) is 32.2 Å². The standard InChI is InChI=1S/C12H20N4O2S.ClH/c17-19(18,14-8-10-4-3-6-13-10)12-9-16-7-2-1-5-11(16)15-12;/h9-10,13-14H,1-8H2;1H. The Morgan fingerprint density at radius 1 is 1.40 bits per heavy atom. The highest BCUT2D eigenvalue weighted by atomic mass is 35.5. The first-order chi connectivity index (χ1) is 9.15. The number of aryl methyl sites for hydroxylation is 2. The molecule has 2 aliphatic rings. The van der Waals surface area contributed by atoms with Crippen LogP contribution in [0.3, 0.4) is 0 Å². The Labute approximate surface area is 125 Å². The van der Waals surface area contributed by atoms with Gasteiger partial charge in [-0.1, -0.05) is 0 Å². The van der Waals surface area contributed by atoms with E-state index < -0.39 is 10.0 Å². The number of sulfonamides is 1. The SMILES string of the molecule is Cl.O=S(=O)(NCC1CCCN1)c1cn2c(n1)CCCC2. The van der Waals surface area contributed by atoms with Crippen molar-refractivity contribution in [3.05, 3.63) is 12.0 Å². The normalized spacial score (nSPS) is 22.3. The molecule has 1 saturated heterocycles. The molecule has 114 valence electrons. The minimum absolute atomic E-state index is 0. The zero-order valence-corrected chi connectivity index (χ0v) is 13.0. The minimum atomic E-state index is -3.46. The monoisotopic (exact) mass is 320 g/mol. The Hall–Kier alpha value is -0.630. The lowest BCUT2D eigenvalue weighted by Crippen LogP contribution is -2.37. The highest BCUT2D eigenvalue weighted by molar-refractivity contribution is 7.89. The summed E-state index contributed by atoms with van der Waals surface area (Å²) in [6.07, 6.45) is 6.88. The molecular formula is C12H21ClN4O2S. The van der Waals surface area contributed by atoms with Crippen molar-refractivity contribution in [1.29, 1.82) is 0 Å². The second-order valence-corrected chi connectivity index (χ2v) is 7.00. The molecule has 1 unspecified atom stereocenters. The zero-order chi connectivity index (χ0) is 13.3. The molecule has 2 aliphatic heterocycles. The van der Waals surface area contributed by atoms with Crippen LogP contribution in [0.1, 0.15) is 31.5 Å². The lowest BCUT2D eigenvalue weighted by atomic mass is 10.2. The first-order valence-electron chi connectivity index (χ1n) is 6.94. The number of hydrogen-bond donors (Lipinski definition) is 2. The fraction of sp³-hybridized carbons (Fsp3) is 0.750. The molecule has 8 heteroatoms. The summed E-state index contributed by atoms with van der Waals surface area (Å²) in [6, 6.07) is 0.256. The lowest BCUT2D eigenvalue weighted by Gasteiger charge is -2.11. The van der Waals surface area contributed by atoms with Gasteiger partial charge in [0.15, 0.2) is 5.03 Å². The Morgan fingerprint density at radius 3 is 2.95 bits per heavy atom. The molecule has 20 heavy (non-hydrogen) atoms. The van der Waals surface area contributed by atoms with Crippen molar-refractivity contribution < 1.29 is 8.42 Å². The van der Waals surface area contributed by atoms with Gasteiger partial charge in [-0.2, -0.15) is 0 Å². The summed E-state index contributed by atoms with van der Waals surface area (Å²) in [5.74, 6) is 0.894. The number of nitrogens with zero attached hydrogens (tertiary/aromatic N) is 2. The number of aromatic nitrogens is 2. The molecule has 2 N–H and O–H groups in total. The van der Waals surface area contributed by atoms with Gasteiger partial charge in [0.2, 0.25) is 0 Å². The van der Waals surface area contributed by atoms with Crippen LogP contribution in [0.25, 0.3) is 0 Å². The van der Waals surface area contributed by atoms with E-state index in [1.807, 2.05) is 4.57 Å². The molecular weight excluding hydrogens is 300 g/mol. The van der Waals surface area contributed by atoms with Crippen LogP contribution in [0.2, 0.25) is 0 Å². The van der Waals surface area contributed by atoms with Crippen LogP contribution >= 0.6 is 12.4 Å². The summed E-state index contributed by atoms with van der Waals surface area (Å²) in [5.41, 5.74) is 0. The summed E-state index contributed by atoms with van der Waals surface area (Å²) in [6.45, 7) is 2.30. The number of imidazole rings is 1. The minimum Gasteiger partial charge on any atom is -0.333 e. The number of halogens is 1. The zero-order valence-electron chi connectivity index (χ0n) is 11.3. The molecule has 3 rings (SSSR count). The number of hydrogen-bond acceptors (Lipinski definition) is 4. The van der Waals surface area contributed by atoms with Crippen LogP contribution in [0.5, 0.6) is 0 Å². The second kappa shape index (κ2) is 6.43. The molecule has 1 fully saturated rings. The van der Waals surface area contributed by atoms with Crippen molar-refractivity contribution in [2.75, 3.05) is 13.1 Å². The van der Waals surface area contributed by atoms with E-state index in [0.29, 0.717) is 6.54 Å². The number of rotatable bonds is 4. The number of fused-ring (bicyclic) bond motifs is 1. The van der Waals surface area contributed by atoms with E-state index in [1.165, 1.54) is 0 Å². The average Bonchev–Trinajstić information content (AvgIpc) is 3.05. The van der Waals surface area contributed by atoms with E-state index >= 15 is 0 Å². The van der Waals surface area contributed by atoms with Gasteiger partial charge in [0.25, 0.3) is 10.0 Å². The molecule has 0 spiro atoms. The molecule has 0 amide bonds. The topological polar surface area (TPSA) is 76.0 Å². The molecule has 1 aromatic rings. The Bertz CT molecular complexity index is 528. The molecule has 3 heterocycles. The van der Waals surface area contributed by atoms with E-state index in [2.05, 4.69) is 15.0 Å². The Kier molecular flexibility index (Phi) is 5.06. The van der Waals surface area contributed by atoms with Crippen molar-refractivity contribution in [3.63, 3.8) is 0 Å². The van der Waals surface area contributed by atoms with E-state index in [1.54, 1.807) is 6.20 Å². The van der Waals surface area contributed by atoms with Crippen LogP contribution in [-0.4, -0.2) is 37.1 Å². The van der Waals surface area contributed by atoms with Gasteiger partial charge >= 0.3 is 0 Å². The summed E-state index contributed by atoms with van der Waals surface area (Å²) in [4.78, 5) is 4.26. The quantitative estimate of drug-likeness (QED) is 0.855. The molecule has 0 radical (unpaired) electrons. The third-order valence-corrected chi connectivity index (χ3v) is 5.14. The van der Waals surface area contributed by atoms with Gasteiger partial charge in [-0.15, -0.1) is 12.4 Å². The first kappa shape index (κ1) is 15.8. The van der Waals surface area contributed by atoms with Gasteiger partial charge < -0.3 is 9.88 Å². The maximum Gasteiger partial charge on any atom is 0.259 e. The molecule has 0 saturated carbocycles. The fourth-order valence-electron chi connectivity index (χ4n) is 2.73. The van der Waals surface area contributed by atoms with Crippen LogP contribution in [0.4, 0.5) is 0 Å². The summed E-state index contributed by atoms with van der Waals surface area (Å²) >= 11 is 0. The van der Waals surface area contributed by atoms with Crippen molar-refractivity contribution in [2.24, 2.45) is 0 Å². The maximum atomic E-state index is 12.2. The van der Waals surface area contributed by atoms with Crippen molar-refractivity contribution in [2.45, 2.75) is 49.7 Å². The third-order valence-electron chi connectivity index (χ3n) is 3.84. The molecule has 6 nitrogen and oxygen atoms in total. The average molecular weight is 321 g/mol. The molecule has 0 bridgehead atoms. The van der Waals surface area contributed by atoms with Gasteiger partial charge in [0, 0.05) is 31.7 Å². The Balaban J connectivity index is 0.00000147. The summed E-state index contributed by atoms with van der Waals surface area (Å²) < 4.78 is 29.0. The fourth-order valence-corrected chi connectivity index (χ4v) is 3.79. The van der Waals surface area contributed by atoms with E-state index in [4.69, 9.17) is 0 Å². The van der Waals surface area contributed by atoms with Gasteiger partial charge in [-0.3, -0.25) is 0 Å². The van der Waals surface area contributed by atoms with Crippen LogP contribution in [-0.2, 0) is 23.0 Å². The summed E-state index contributed by atoms with van der Waals surface area (Å²) in [7, 11) is -3.46. The smallest absolute Gasteiger partial charge is 0.259 e. The predicted molar refractivity (Wildman–Crippen MR) is 78.6 cm³/mol. The van der Waals surface area contributed by atoms with Crippen molar-refractivity contribution in [1.82, 2.24) is 19.6 Å².